The second kappa shape index (κ2) is 7.77. The minimum absolute atomic E-state index is 0.257. The lowest BCUT2D eigenvalue weighted by molar-refractivity contribution is 0.199. The molecule has 0 saturated carbocycles. The predicted octanol–water partition coefficient (Wildman–Crippen LogP) is 1.05. The van der Waals surface area contributed by atoms with Crippen molar-refractivity contribution in [2.24, 2.45) is 0 Å². The second-order valence-electron chi connectivity index (χ2n) is 5.33. The molecule has 0 radical (unpaired) electrons. The standard InChI is InChI=1S/C15H24N2O3S/c1-20-10-7-16-13-14-3-5-15(6-4-14)17-8-2-11-21(18,19)12-9-17/h3-6,16H,2,7-13H2,1H3. The summed E-state index contributed by atoms with van der Waals surface area (Å²) in [6, 6.07) is 8.33. The number of nitrogens with zero attached hydrogens (tertiary/aromatic N) is 1. The van der Waals surface area contributed by atoms with Crippen LogP contribution in [-0.2, 0) is 21.1 Å². The molecule has 1 aromatic carbocycles. The van der Waals surface area contributed by atoms with E-state index in [1.54, 1.807) is 7.11 Å². The summed E-state index contributed by atoms with van der Waals surface area (Å²) in [6.45, 7) is 3.76. The Morgan fingerprint density at radius 3 is 2.67 bits per heavy atom. The number of rotatable bonds is 6. The van der Waals surface area contributed by atoms with E-state index >= 15 is 0 Å². The third-order valence-electron chi connectivity index (χ3n) is 3.67. The lowest BCUT2D eigenvalue weighted by Crippen LogP contribution is -2.26. The topological polar surface area (TPSA) is 58.6 Å². The van der Waals surface area contributed by atoms with Crippen molar-refractivity contribution in [3.63, 3.8) is 0 Å². The van der Waals surface area contributed by atoms with Crippen molar-refractivity contribution in [3.05, 3.63) is 29.8 Å². The van der Waals surface area contributed by atoms with E-state index in [9.17, 15) is 8.42 Å². The molecular weight excluding hydrogens is 288 g/mol. The van der Waals surface area contributed by atoms with E-state index in [1.807, 2.05) is 0 Å². The van der Waals surface area contributed by atoms with Crippen molar-refractivity contribution >= 4 is 15.5 Å². The average molecular weight is 312 g/mol. The molecule has 0 unspecified atom stereocenters. The molecule has 1 N–H and O–H groups in total. The number of hydrogen-bond acceptors (Lipinski definition) is 5. The van der Waals surface area contributed by atoms with Crippen LogP contribution in [0.15, 0.2) is 24.3 Å². The quantitative estimate of drug-likeness (QED) is 0.796. The van der Waals surface area contributed by atoms with Gasteiger partial charge in [0.05, 0.1) is 18.1 Å². The molecule has 0 spiro atoms. The van der Waals surface area contributed by atoms with Gasteiger partial charge >= 0.3 is 0 Å². The molecule has 2 rings (SSSR count). The third-order valence-corrected chi connectivity index (χ3v) is 5.38. The Hall–Kier alpha value is -1.11. The minimum Gasteiger partial charge on any atom is -0.383 e. The van der Waals surface area contributed by atoms with Gasteiger partial charge in [-0.1, -0.05) is 12.1 Å². The van der Waals surface area contributed by atoms with E-state index in [0.29, 0.717) is 25.3 Å². The van der Waals surface area contributed by atoms with Gasteiger partial charge in [-0.25, -0.2) is 8.42 Å². The van der Waals surface area contributed by atoms with Gasteiger partial charge in [0.2, 0.25) is 0 Å². The summed E-state index contributed by atoms with van der Waals surface area (Å²) in [5.74, 6) is 0.568. The van der Waals surface area contributed by atoms with Crippen LogP contribution in [0.5, 0.6) is 0 Å². The second-order valence-corrected chi connectivity index (χ2v) is 7.63. The van der Waals surface area contributed by atoms with Crippen molar-refractivity contribution in [3.8, 4) is 0 Å². The van der Waals surface area contributed by atoms with Gasteiger partial charge in [0.25, 0.3) is 0 Å². The molecule has 0 amide bonds. The number of anilines is 1. The van der Waals surface area contributed by atoms with E-state index in [2.05, 4.69) is 34.5 Å². The molecule has 6 heteroatoms. The molecule has 1 saturated heterocycles. The molecule has 1 aromatic rings. The van der Waals surface area contributed by atoms with E-state index in [4.69, 9.17) is 4.74 Å². The normalized spacial score (nSPS) is 18.4. The highest BCUT2D eigenvalue weighted by Crippen LogP contribution is 2.18. The molecule has 0 aliphatic carbocycles. The van der Waals surface area contributed by atoms with Crippen LogP contribution < -0.4 is 10.2 Å². The summed E-state index contributed by atoms with van der Waals surface area (Å²) >= 11 is 0. The Kier molecular flexibility index (Phi) is 6.02. The summed E-state index contributed by atoms with van der Waals surface area (Å²) in [5, 5.41) is 3.30. The molecule has 5 nitrogen and oxygen atoms in total. The van der Waals surface area contributed by atoms with Gasteiger partial charge in [-0.05, 0) is 24.1 Å². The Labute approximate surface area is 127 Å². The first kappa shape index (κ1) is 16.3. The van der Waals surface area contributed by atoms with E-state index in [0.717, 1.165) is 25.3 Å². The fraction of sp³-hybridized carbons (Fsp3) is 0.600. The van der Waals surface area contributed by atoms with Crippen LogP contribution in [0.4, 0.5) is 5.69 Å². The van der Waals surface area contributed by atoms with E-state index < -0.39 is 9.84 Å². The molecule has 1 heterocycles. The van der Waals surface area contributed by atoms with Crippen LogP contribution in [0.3, 0.4) is 0 Å². The molecule has 0 aromatic heterocycles. The summed E-state index contributed by atoms with van der Waals surface area (Å²) in [7, 11) is -1.16. The summed E-state index contributed by atoms with van der Waals surface area (Å²) < 4.78 is 28.2. The highest BCUT2D eigenvalue weighted by molar-refractivity contribution is 7.91. The maximum Gasteiger partial charge on any atom is 0.152 e. The predicted molar refractivity (Wildman–Crippen MR) is 85.5 cm³/mol. The van der Waals surface area contributed by atoms with Gasteiger partial charge in [0, 0.05) is 39.0 Å². The van der Waals surface area contributed by atoms with Gasteiger partial charge in [0.1, 0.15) is 0 Å². The Morgan fingerprint density at radius 1 is 1.19 bits per heavy atom. The zero-order valence-corrected chi connectivity index (χ0v) is 13.4. The molecule has 1 aliphatic heterocycles. The summed E-state index contributed by atoms with van der Waals surface area (Å²) in [5.41, 5.74) is 2.32. The number of methoxy groups -OCH3 is 1. The van der Waals surface area contributed by atoms with Crippen LogP contribution in [0.2, 0.25) is 0 Å². The Balaban J connectivity index is 1.89. The smallest absolute Gasteiger partial charge is 0.152 e. The molecule has 0 bridgehead atoms. The Bertz CT molecular complexity index is 528. The number of nitrogens with one attached hydrogen (secondary N) is 1. The molecule has 118 valence electrons. The molecule has 21 heavy (non-hydrogen) atoms. The highest BCUT2D eigenvalue weighted by atomic mass is 32.2. The first-order valence-electron chi connectivity index (χ1n) is 7.35. The third kappa shape index (κ3) is 5.30. The van der Waals surface area contributed by atoms with Crippen molar-refractivity contribution in [1.82, 2.24) is 5.32 Å². The maximum absolute atomic E-state index is 11.6. The van der Waals surface area contributed by atoms with E-state index in [1.165, 1.54) is 5.56 Å². The van der Waals surface area contributed by atoms with E-state index in [-0.39, 0.29) is 5.75 Å². The summed E-state index contributed by atoms with van der Waals surface area (Å²) in [4.78, 5) is 2.16. The number of ether oxygens (including phenoxy) is 1. The summed E-state index contributed by atoms with van der Waals surface area (Å²) in [6.07, 6.45) is 0.711. The SMILES string of the molecule is COCCNCc1ccc(N2CCCS(=O)(=O)CC2)cc1. The number of hydrogen-bond donors (Lipinski definition) is 1. The number of sulfone groups is 1. The zero-order chi connectivity index (χ0) is 15.1. The largest absolute Gasteiger partial charge is 0.383 e. The van der Waals surface area contributed by atoms with Crippen LogP contribution in [0.1, 0.15) is 12.0 Å². The van der Waals surface area contributed by atoms with Crippen molar-refractivity contribution in [2.75, 3.05) is 49.8 Å². The molecule has 1 aliphatic rings. The van der Waals surface area contributed by atoms with Gasteiger partial charge in [-0.15, -0.1) is 0 Å². The lowest BCUT2D eigenvalue weighted by atomic mass is 10.2. The van der Waals surface area contributed by atoms with Crippen LogP contribution in [0.25, 0.3) is 0 Å². The zero-order valence-electron chi connectivity index (χ0n) is 12.5. The molecular formula is C15H24N2O3S. The minimum atomic E-state index is -2.85. The molecule has 0 atom stereocenters. The molecule has 1 fully saturated rings. The van der Waals surface area contributed by atoms with Gasteiger partial charge < -0.3 is 15.0 Å². The monoisotopic (exact) mass is 312 g/mol. The van der Waals surface area contributed by atoms with Gasteiger partial charge in [-0.2, -0.15) is 0 Å². The Morgan fingerprint density at radius 2 is 1.95 bits per heavy atom. The fourth-order valence-corrected chi connectivity index (χ4v) is 3.70. The van der Waals surface area contributed by atoms with Crippen LogP contribution in [0, 0.1) is 0 Å². The van der Waals surface area contributed by atoms with Crippen molar-refractivity contribution in [2.45, 2.75) is 13.0 Å². The van der Waals surface area contributed by atoms with Crippen LogP contribution in [-0.4, -0.2) is 53.3 Å². The average Bonchev–Trinajstić information content (AvgIpc) is 2.65. The lowest BCUT2D eigenvalue weighted by Gasteiger charge is -2.22. The first-order chi connectivity index (χ1) is 10.1. The maximum atomic E-state index is 11.6. The fourth-order valence-electron chi connectivity index (χ4n) is 2.43. The van der Waals surface area contributed by atoms with Gasteiger partial charge in [0.15, 0.2) is 9.84 Å². The number of benzene rings is 1. The van der Waals surface area contributed by atoms with Crippen LogP contribution >= 0.6 is 0 Å². The van der Waals surface area contributed by atoms with Crippen molar-refractivity contribution < 1.29 is 13.2 Å². The van der Waals surface area contributed by atoms with Crippen molar-refractivity contribution in [1.29, 1.82) is 0 Å². The first-order valence-corrected chi connectivity index (χ1v) is 9.17. The van der Waals surface area contributed by atoms with Gasteiger partial charge in [-0.3, -0.25) is 0 Å². The highest BCUT2D eigenvalue weighted by Gasteiger charge is 2.19.